The fourth-order valence-electron chi connectivity index (χ4n) is 2.23. The zero-order valence-corrected chi connectivity index (χ0v) is 12.8. The third-order valence-electron chi connectivity index (χ3n) is 3.61. The number of para-hydroxylation sites is 1. The standard InChI is InChI=1S/C16H21NO5/c1-16(15(19)20-2,11-22-13-6-4-3-5-7-13)17-14(18)12-8-9-21-10-12/h3-7,12H,8-11H2,1-2H3,(H,17,18)/t12-,16-/m0/s1. The Bertz CT molecular complexity index is 513. The second-order valence-corrected chi connectivity index (χ2v) is 5.48. The fraction of sp³-hybridized carbons (Fsp3) is 0.500. The molecule has 1 heterocycles. The van der Waals surface area contributed by atoms with Crippen LogP contribution in [0.3, 0.4) is 0 Å². The van der Waals surface area contributed by atoms with Gasteiger partial charge >= 0.3 is 5.97 Å². The van der Waals surface area contributed by atoms with Crippen LogP contribution in [0.2, 0.25) is 0 Å². The van der Waals surface area contributed by atoms with Gasteiger partial charge in [0.05, 0.1) is 19.6 Å². The third kappa shape index (κ3) is 3.98. The Balaban J connectivity index is 2.02. The van der Waals surface area contributed by atoms with Crippen molar-refractivity contribution in [3.8, 4) is 5.75 Å². The van der Waals surface area contributed by atoms with E-state index >= 15 is 0 Å². The Morgan fingerprint density at radius 2 is 2.09 bits per heavy atom. The van der Waals surface area contributed by atoms with Crippen LogP contribution in [0.1, 0.15) is 13.3 Å². The van der Waals surface area contributed by atoms with Gasteiger partial charge < -0.3 is 19.5 Å². The van der Waals surface area contributed by atoms with Gasteiger partial charge in [-0.05, 0) is 25.5 Å². The second-order valence-electron chi connectivity index (χ2n) is 5.48. The van der Waals surface area contributed by atoms with Gasteiger partial charge in [0.2, 0.25) is 5.91 Å². The molecule has 1 aromatic rings. The molecule has 2 atom stereocenters. The number of benzene rings is 1. The predicted octanol–water partition coefficient (Wildman–Crippen LogP) is 1.15. The molecule has 2 rings (SSSR count). The van der Waals surface area contributed by atoms with Gasteiger partial charge in [-0.1, -0.05) is 18.2 Å². The molecule has 1 aliphatic rings. The number of methoxy groups -OCH3 is 1. The summed E-state index contributed by atoms with van der Waals surface area (Å²) in [5, 5.41) is 2.74. The van der Waals surface area contributed by atoms with E-state index < -0.39 is 11.5 Å². The van der Waals surface area contributed by atoms with Crippen molar-refractivity contribution < 1.29 is 23.8 Å². The van der Waals surface area contributed by atoms with Crippen LogP contribution in [0, 0.1) is 5.92 Å². The van der Waals surface area contributed by atoms with E-state index in [1.807, 2.05) is 18.2 Å². The van der Waals surface area contributed by atoms with Gasteiger partial charge in [0, 0.05) is 6.61 Å². The summed E-state index contributed by atoms with van der Waals surface area (Å²) in [6.45, 7) is 2.52. The van der Waals surface area contributed by atoms with E-state index in [9.17, 15) is 9.59 Å². The van der Waals surface area contributed by atoms with Crippen LogP contribution in [0.5, 0.6) is 5.75 Å². The van der Waals surface area contributed by atoms with Crippen molar-refractivity contribution in [2.45, 2.75) is 18.9 Å². The largest absolute Gasteiger partial charge is 0.491 e. The summed E-state index contributed by atoms with van der Waals surface area (Å²) in [5.41, 5.74) is -1.25. The number of esters is 1. The van der Waals surface area contributed by atoms with Gasteiger partial charge in [-0.25, -0.2) is 4.79 Å². The average molecular weight is 307 g/mol. The number of ether oxygens (including phenoxy) is 3. The molecular weight excluding hydrogens is 286 g/mol. The van der Waals surface area contributed by atoms with Gasteiger partial charge in [0.25, 0.3) is 0 Å². The van der Waals surface area contributed by atoms with E-state index in [0.717, 1.165) is 0 Å². The maximum Gasteiger partial charge on any atom is 0.334 e. The third-order valence-corrected chi connectivity index (χ3v) is 3.61. The molecule has 0 saturated carbocycles. The van der Waals surface area contributed by atoms with Crippen molar-refractivity contribution in [3.63, 3.8) is 0 Å². The molecule has 1 aromatic carbocycles. The van der Waals surface area contributed by atoms with Crippen molar-refractivity contribution in [1.82, 2.24) is 5.32 Å². The number of rotatable bonds is 6. The lowest BCUT2D eigenvalue weighted by molar-refractivity contribution is -0.152. The monoisotopic (exact) mass is 307 g/mol. The summed E-state index contributed by atoms with van der Waals surface area (Å²) in [6, 6.07) is 9.10. The molecule has 0 spiro atoms. The first-order valence-electron chi connectivity index (χ1n) is 7.21. The average Bonchev–Trinajstić information content (AvgIpc) is 3.08. The van der Waals surface area contributed by atoms with E-state index in [2.05, 4.69) is 5.32 Å². The minimum absolute atomic E-state index is 0.0109. The first-order chi connectivity index (χ1) is 10.5. The number of amides is 1. The highest BCUT2D eigenvalue weighted by atomic mass is 16.5. The van der Waals surface area contributed by atoms with Crippen LogP contribution in [-0.2, 0) is 19.1 Å². The lowest BCUT2D eigenvalue weighted by atomic mass is 10.0. The van der Waals surface area contributed by atoms with E-state index in [1.54, 1.807) is 19.1 Å². The van der Waals surface area contributed by atoms with Crippen LogP contribution >= 0.6 is 0 Å². The molecule has 1 saturated heterocycles. The Hall–Kier alpha value is -2.08. The zero-order valence-electron chi connectivity index (χ0n) is 12.8. The molecule has 6 nitrogen and oxygen atoms in total. The minimum atomic E-state index is -1.25. The van der Waals surface area contributed by atoms with Crippen LogP contribution < -0.4 is 10.1 Å². The SMILES string of the molecule is COC(=O)[C@](C)(COc1ccccc1)NC(=O)[C@H]1CCOC1. The number of hydrogen-bond acceptors (Lipinski definition) is 5. The molecular formula is C16H21NO5. The fourth-order valence-corrected chi connectivity index (χ4v) is 2.23. The Labute approximate surface area is 129 Å². The van der Waals surface area contributed by atoms with Crippen LogP contribution in [0.4, 0.5) is 0 Å². The molecule has 1 N–H and O–H groups in total. The molecule has 6 heteroatoms. The van der Waals surface area contributed by atoms with E-state index in [1.165, 1.54) is 7.11 Å². The number of hydrogen-bond donors (Lipinski definition) is 1. The molecule has 1 aliphatic heterocycles. The molecule has 1 fully saturated rings. The summed E-state index contributed by atoms with van der Waals surface area (Å²) < 4.78 is 15.6. The van der Waals surface area contributed by atoms with Crippen molar-refractivity contribution in [2.75, 3.05) is 26.9 Å². The number of nitrogens with one attached hydrogen (secondary N) is 1. The van der Waals surface area contributed by atoms with Gasteiger partial charge in [-0.15, -0.1) is 0 Å². The normalized spacial score (nSPS) is 20.0. The Kier molecular flexibility index (Phi) is 5.38. The molecule has 22 heavy (non-hydrogen) atoms. The summed E-state index contributed by atoms with van der Waals surface area (Å²) in [5.74, 6) is -0.380. The summed E-state index contributed by atoms with van der Waals surface area (Å²) in [4.78, 5) is 24.3. The van der Waals surface area contributed by atoms with Gasteiger partial charge in [0.15, 0.2) is 5.54 Å². The quantitative estimate of drug-likeness (QED) is 0.798. The van der Waals surface area contributed by atoms with Gasteiger partial charge in [0.1, 0.15) is 12.4 Å². The summed E-state index contributed by atoms with van der Waals surface area (Å²) in [6.07, 6.45) is 0.655. The predicted molar refractivity (Wildman–Crippen MR) is 79.4 cm³/mol. The molecule has 0 radical (unpaired) electrons. The molecule has 1 amide bonds. The Morgan fingerprint density at radius 3 is 2.68 bits per heavy atom. The highest BCUT2D eigenvalue weighted by molar-refractivity contribution is 5.89. The van der Waals surface area contributed by atoms with E-state index in [4.69, 9.17) is 14.2 Å². The lowest BCUT2D eigenvalue weighted by Crippen LogP contribution is -2.58. The molecule has 0 bridgehead atoms. The first-order valence-corrected chi connectivity index (χ1v) is 7.21. The van der Waals surface area contributed by atoms with Crippen LogP contribution in [0.15, 0.2) is 30.3 Å². The molecule has 0 unspecified atom stereocenters. The van der Waals surface area contributed by atoms with E-state index in [0.29, 0.717) is 25.4 Å². The highest BCUT2D eigenvalue weighted by Crippen LogP contribution is 2.17. The molecule has 0 aromatic heterocycles. The van der Waals surface area contributed by atoms with Crippen molar-refractivity contribution in [2.24, 2.45) is 5.92 Å². The van der Waals surface area contributed by atoms with Gasteiger partial charge in [-0.3, -0.25) is 4.79 Å². The maximum atomic E-state index is 12.2. The maximum absolute atomic E-state index is 12.2. The Morgan fingerprint density at radius 1 is 1.36 bits per heavy atom. The lowest BCUT2D eigenvalue weighted by Gasteiger charge is -2.28. The first kappa shape index (κ1) is 16.3. The van der Waals surface area contributed by atoms with Gasteiger partial charge in [-0.2, -0.15) is 0 Å². The van der Waals surface area contributed by atoms with Crippen molar-refractivity contribution in [3.05, 3.63) is 30.3 Å². The minimum Gasteiger partial charge on any atom is -0.491 e. The smallest absolute Gasteiger partial charge is 0.334 e. The van der Waals surface area contributed by atoms with E-state index in [-0.39, 0.29) is 18.4 Å². The van der Waals surface area contributed by atoms with Crippen LogP contribution in [-0.4, -0.2) is 44.3 Å². The summed E-state index contributed by atoms with van der Waals surface area (Å²) in [7, 11) is 1.29. The number of carbonyl (C=O) groups excluding carboxylic acids is 2. The zero-order chi connectivity index (χ0) is 16.0. The molecule has 0 aliphatic carbocycles. The topological polar surface area (TPSA) is 73.9 Å². The molecule has 120 valence electrons. The highest BCUT2D eigenvalue weighted by Gasteiger charge is 2.39. The summed E-state index contributed by atoms with van der Waals surface area (Å²) >= 11 is 0. The number of carbonyl (C=O) groups is 2. The van der Waals surface area contributed by atoms with Crippen molar-refractivity contribution >= 4 is 11.9 Å². The van der Waals surface area contributed by atoms with Crippen LogP contribution in [0.25, 0.3) is 0 Å². The van der Waals surface area contributed by atoms with Crippen molar-refractivity contribution in [1.29, 1.82) is 0 Å². The second kappa shape index (κ2) is 7.26.